The molecule has 2 aromatic carbocycles. The van der Waals surface area contributed by atoms with E-state index in [9.17, 15) is 0 Å². The molecule has 0 saturated carbocycles. The Morgan fingerprint density at radius 3 is 1.38 bits per heavy atom. The average molecular weight is 637 g/mol. The first-order valence-corrected chi connectivity index (χ1v) is 16.8. The molecule has 0 aromatic heterocycles. The third-order valence-corrected chi connectivity index (χ3v) is 8.64. The van der Waals surface area contributed by atoms with Crippen LogP contribution in [0, 0.1) is 11.8 Å². The van der Waals surface area contributed by atoms with Gasteiger partial charge in [0.25, 0.3) is 0 Å². The topological polar surface area (TPSA) is 9.23 Å². The van der Waals surface area contributed by atoms with Crippen molar-refractivity contribution in [2.45, 2.75) is 130 Å². The Morgan fingerprint density at radius 2 is 0.973 bits per heavy atom. The van der Waals surface area contributed by atoms with Gasteiger partial charge in [0.15, 0.2) is 0 Å². The van der Waals surface area contributed by atoms with E-state index in [1.54, 1.807) is 0 Å². The van der Waals surface area contributed by atoms with Gasteiger partial charge in [-0.25, -0.2) is 0 Å². The van der Waals surface area contributed by atoms with Crippen molar-refractivity contribution in [3.63, 3.8) is 0 Å². The molecule has 2 atom stereocenters. The zero-order valence-electron chi connectivity index (χ0n) is 24.1. The molecule has 2 aromatic rings. The van der Waals surface area contributed by atoms with Crippen molar-refractivity contribution in [2.75, 3.05) is 0 Å². The van der Waals surface area contributed by atoms with Crippen LogP contribution in [0.4, 0.5) is 0 Å². The summed E-state index contributed by atoms with van der Waals surface area (Å²) in [7, 11) is 0. The van der Waals surface area contributed by atoms with Gasteiger partial charge in [0.2, 0.25) is 0 Å². The minimum Gasteiger partial charge on any atom is -0.457 e. The van der Waals surface area contributed by atoms with Gasteiger partial charge in [-0.3, -0.25) is 0 Å². The lowest BCUT2D eigenvalue weighted by molar-refractivity contribution is 0.436. The highest BCUT2D eigenvalue weighted by molar-refractivity contribution is 9.10. The van der Waals surface area contributed by atoms with E-state index in [1.807, 2.05) is 0 Å². The van der Waals surface area contributed by atoms with Crippen LogP contribution in [-0.2, 0) is 12.8 Å². The quantitative estimate of drug-likeness (QED) is 0.131. The first-order chi connectivity index (χ1) is 17.9. The fraction of sp³-hybridized carbons (Fsp3) is 0.647. The van der Waals surface area contributed by atoms with Crippen LogP contribution in [0.5, 0.6) is 11.5 Å². The summed E-state index contributed by atoms with van der Waals surface area (Å²) in [4.78, 5) is 0. The molecule has 0 amide bonds. The summed E-state index contributed by atoms with van der Waals surface area (Å²) in [6, 6.07) is 13.0. The second kappa shape index (κ2) is 19.3. The number of rotatable bonds is 20. The van der Waals surface area contributed by atoms with Crippen LogP contribution in [0.15, 0.2) is 45.3 Å². The molecule has 0 N–H and O–H groups in total. The molecule has 0 aliphatic heterocycles. The van der Waals surface area contributed by atoms with E-state index < -0.39 is 0 Å². The molecular formula is C34H52Br2O. The van der Waals surface area contributed by atoms with Crippen LogP contribution in [-0.4, -0.2) is 0 Å². The lowest BCUT2D eigenvalue weighted by Gasteiger charge is -2.17. The largest absolute Gasteiger partial charge is 0.457 e. The van der Waals surface area contributed by atoms with Gasteiger partial charge < -0.3 is 4.74 Å². The molecule has 208 valence electrons. The van der Waals surface area contributed by atoms with Gasteiger partial charge in [-0.15, -0.1) is 0 Å². The van der Waals surface area contributed by atoms with Crippen molar-refractivity contribution < 1.29 is 4.74 Å². The second-order valence-corrected chi connectivity index (χ2v) is 13.1. The Balaban J connectivity index is 1.94. The minimum atomic E-state index is 0.806. The third-order valence-electron chi connectivity index (χ3n) is 7.65. The van der Waals surface area contributed by atoms with Gasteiger partial charge in [0.05, 0.1) is 0 Å². The Kier molecular flexibility index (Phi) is 16.9. The number of unbranched alkanes of at least 4 members (excludes halogenated alkanes) is 6. The smallest absolute Gasteiger partial charge is 0.130 e. The number of benzene rings is 2. The molecule has 0 radical (unpaired) electrons. The van der Waals surface area contributed by atoms with Crippen LogP contribution in [0.3, 0.4) is 0 Å². The zero-order chi connectivity index (χ0) is 26.9. The van der Waals surface area contributed by atoms with Crippen LogP contribution in [0.1, 0.15) is 129 Å². The van der Waals surface area contributed by atoms with Gasteiger partial charge in [-0.05, 0) is 85.0 Å². The standard InChI is InChI=1S/C34H52Br2O/c1-5-7-9-11-15-27(3)17-13-19-29-25-31(35)21-23-33(29)37-34-24-22-32(36)26-30(34)20-14-18-28(4)16-12-10-8-6-2/h21-28H,5-20H2,1-4H3. The van der Waals surface area contributed by atoms with Crippen molar-refractivity contribution in [3.8, 4) is 11.5 Å². The van der Waals surface area contributed by atoms with E-state index in [2.05, 4.69) is 96.0 Å². The summed E-state index contributed by atoms with van der Waals surface area (Å²) >= 11 is 7.38. The van der Waals surface area contributed by atoms with Crippen molar-refractivity contribution in [3.05, 3.63) is 56.5 Å². The summed E-state index contributed by atoms with van der Waals surface area (Å²) in [6.07, 6.45) is 20.8. The predicted molar refractivity (Wildman–Crippen MR) is 170 cm³/mol. The van der Waals surface area contributed by atoms with Crippen LogP contribution in [0.25, 0.3) is 0 Å². The maximum absolute atomic E-state index is 6.61. The first-order valence-electron chi connectivity index (χ1n) is 15.2. The normalized spacial score (nSPS) is 13.0. The minimum absolute atomic E-state index is 0.806. The highest BCUT2D eigenvalue weighted by Crippen LogP contribution is 2.34. The molecule has 0 saturated heterocycles. The number of halogens is 2. The fourth-order valence-electron chi connectivity index (χ4n) is 5.21. The Labute approximate surface area is 245 Å². The fourth-order valence-corrected chi connectivity index (χ4v) is 6.03. The molecule has 0 spiro atoms. The van der Waals surface area contributed by atoms with E-state index in [0.29, 0.717) is 0 Å². The third kappa shape index (κ3) is 13.7. The van der Waals surface area contributed by atoms with E-state index in [4.69, 9.17) is 4.74 Å². The molecular weight excluding hydrogens is 584 g/mol. The van der Waals surface area contributed by atoms with Gasteiger partial charge in [-0.2, -0.15) is 0 Å². The summed E-state index contributed by atoms with van der Waals surface area (Å²) in [5, 5.41) is 0. The van der Waals surface area contributed by atoms with E-state index in [1.165, 1.54) is 101 Å². The molecule has 0 fully saturated rings. The van der Waals surface area contributed by atoms with Gasteiger partial charge in [0, 0.05) is 8.95 Å². The maximum Gasteiger partial charge on any atom is 0.130 e. The van der Waals surface area contributed by atoms with Crippen LogP contribution in [0.2, 0.25) is 0 Å². The summed E-state index contributed by atoms with van der Waals surface area (Å²) < 4.78 is 8.87. The number of ether oxygens (including phenoxy) is 1. The summed E-state index contributed by atoms with van der Waals surface area (Å²) in [6.45, 7) is 9.42. The Morgan fingerprint density at radius 1 is 0.568 bits per heavy atom. The molecule has 37 heavy (non-hydrogen) atoms. The average Bonchev–Trinajstić information content (AvgIpc) is 2.87. The second-order valence-electron chi connectivity index (χ2n) is 11.3. The highest BCUT2D eigenvalue weighted by Gasteiger charge is 2.12. The zero-order valence-corrected chi connectivity index (χ0v) is 27.3. The van der Waals surface area contributed by atoms with Gasteiger partial charge in [-0.1, -0.05) is 137 Å². The number of hydrogen-bond donors (Lipinski definition) is 0. The Bertz CT molecular complexity index is 807. The monoisotopic (exact) mass is 634 g/mol. The molecule has 0 heterocycles. The molecule has 2 rings (SSSR count). The van der Waals surface area contributed by atoms with Crippen molar-refractivity contribution in [1.82, 2.24) is 0 Å². The molecule has 1 nitrogen and oxygen atoms in total. The highest BCUT2D eigenvalue weighted by atomic mass is 79.9. The molecule has 3 heteroatoms. The molecule has 0 aliphatic rings. The summed E-state index contributed by atoms with van der Waals surface area (Å²) in [5.41, 5.74) is 2.62. The Hall–Kier alpha value is -0.800. The van der Waals surface area contributed by atoms with Gasteiger partial charge >= 0.3 is 0 Å². The lowest BCUT2D eigenvalue weighted by Crippen LogP contribution is -2.00. The molecule has 2 unspecified atom stereocenters. The summed E-state index contributed by atoms with van der Waals surface area (Å²) in [5.74, 6) is 3.62. The van der Waals surface area contributed by atoms with Crippen LogP contribution >= 0.6 is 31.9 Å². The molecule has 0 bridgehead atoms. The predicted octanol–water partition coefficient (Wildman–Crippen LogP) is 12.9. The lowest BCUT2D eigenvalue weighted by atomic mass is 9.95. The van der Waals surface area contributed by atoms with E-state index >= 15 is 0 Å². The van der Waals surface area contributed by atoms with Crippen LogP contribution < -0.4 is 4.74 Å². The van der Waals surface area contributed by atoms with Crippen molar-refractivity contribution in [2.24, 2.45) is 11.8 Å². The van der Waals surface area contributed by atoms with Crippen molar-refractivity contribution >= 4 is 31.9 Å². The number of aryl methyl sites for hydroxylation is 2. The molecule has 0 aliphatic carbocycles. The first kappa shape index (κ1) is 32.4. The van der Waals surface area contributed by atoms with E-state index in [-0.39, 0.29) is 0 Å². The maximum atomic E-state index is 6.61. The van der Waals surface area contributed by atoms with Crippen molar-refractivity contribution in [1.29, 1.82) is 0 Å². The SMILES string of the molecule is CCCCCCC(C)CCCc1cc(Br)ccc1Oc1ccc(Br)cc1CCCC(C)CCCCCC. The van der Waals surface area contributed by atoms with E-state index in [0.717, 1.165) is 45.1 Å². The number of hydrogen-bond acceptors (Lipinski definition) is 1. The van der Waals surface area contributed by atoms with Gasteiger partial charge in [0.1, 0.15) is 11.5 Å².